The van der Waals surface area contributed by atoms with Crippen molar-refractivity contribution in [3.05, 3.63) is 17.7 Å². The normalized spacial score (nSPS) is 23.9. The Morgan fingerprint density at radius 1 is 1.05 bits per heavy atom. The van der Waals surface area contributed by atoms with Gasteiger partial charge in [0.1, 0.15) is 12.7 Å². The van der Waals surface area contributed by atoms with Gasteiger partial charge in [0.2, 0.25) is 5.75 Å². The lowest BCUT2D eigenvalue weighted by Gasteiger charge is -2.16. The number of nitrogens with zero attached hydrogens (tertiary/aromatic N) is 1. The Hall–Kier alpha value is -1.95. The first kappa shape index (κ1) is 13.1. The Morgan fingerprint density at radius 2 is 1.75 bits per heavy atom. The van der Waals surface area contributed by atoms with Gasteiger partial charge in [0, 0.05) is 0 Å². The zero-order chi connectivity index (χ0) is 14.1. The second kappa shape index (κ2) is 5.20. The highest BCUT2D eigenvalue weighted by Gasteiger charge is 2.39. The quantitative estimate of drug-likeness (QED) is 0.841. The van der Waals surface area contributed by atoms with Crippen LogP contribution in [0.25, 0.3) is 0 Å². The van der Waals surface area contributed by atoms with Gasteiger partial charge in [0.15, 0.2) is 11.5 Å². The largest absolute Gasteiger partial charge is 0.493 e. The average molecular weight is 279 g/mol. The summed E-state index contributed by atoms with van der Waals surface area (Å²) in [6, 6.07) is 3.77. The van der Waals surface area contributed by atoms with Gasteiger partial charge in [-0.1, -0.05) is 5.16 Å². The van der Waals surface area contributed by atoms with Crippen LogP contribution >= 0.6 is 0 Å². The standard InChI is InChI=1S/C14H17NO5/c1-16-10-4-8(5-11(17-2)14(10)18-3)13-12-9(6-19-13)7-20-15-12/h4-5,9,13H,6-7H2,1-3H3/t9-,13-/m0/s1. The highest BCUT2D eigenvalue weighted by atomic mass is 16.6. The Morgan fingerprint density at radius 3 is 2.35 bits per heavy atom. The van der Waals surface area contributed by atoms with Gasteiger partial charge in [-0.3, -0.25) is 0 Å². The maximum Gasteiger partial charge on any atom is 0.203 e. The molecule has 0 radical (unpaired) electrons. The Balaban J connectivity index is 2.01. The molecule has 20 heavy (non-hydrogen) atoms. The van der Waals surface area contributed by atoms with E-state index in [2.05, 4.69) is 5.16 Å². The van der Waals surface area contributed by atoms with Crippen LogP contribution in [-0.2, 0) is 9.57 Å². The fourth-order valence-electron chi connectivity index (χ4n) is 2.57. The maximum atomic E-state index is 5.82. The van der Waals surface area contributed by atoms with Crippen LogP contribution in [0, 0.1) is 5.92 Å². The molecule has 2 aliphatic rings. The molecule has 2 aliphatic heterocycles. The molecule has 6 heteroatoms. The van der Waals surface area contributed by atoms with Gasteiger partial charge in [-0.2, -0.15) is 0 Å². The number of methoxy groups -OCH3 is 3. The molecule has 6 nitrogen and oxygen atoms in total. The second-order valence-corrected chi connectivity index (χ2v) is 4.68. The molecule has 3 rings (SSSR count). The van der Waals surface area contributed by atoms with E-state index in [1.807, 2.05) is 12.1 Å². The van der Waals surface area contributed by atoms with E-state index in [0.717, 1.165) is 11.3 Å². The van der Waals surface area contributed by atoms with Gasteiger partial charge < -0.3 is 23.8 Å². The van der Waals surface area contributed by atoms with Crippen LogP contribution in [0.5, 0.6) is 17.2 Å². The third-order valence-corrected chi connectivity index (χ3v) is 3.59. The van der Waals surface area contributed by atoms with Crippen molar-refractivity contribution in [2.75, 3.05) is 34.5 Å². The third kappa shape index (κ3) is 1.96. The van der Waals surface area contributed by atoms with Crippen LogP contribution in [-0.4, -0.2) is 40.3 Å². The van der Waals surface area contributed by atoms with E-state index in [1.165, 1.54) is 0 Å². The van der Waals surface area contributed by atoms with Crippen molar-refractivity contribution >= 4 is 5.71 Å². The predicted molar refractivity (Wildman–Crippen MR) is 71.7 cm³/mol. The zero-order valence-electron chi connectivity index (χ0n) is 11.7. The number of benzene rings is 1. The summed E-state index contributed by atoms with van der Waals surface area (Å²) in [5.41, 5.74) is 1.85. The molecule has 0 spiro atoms. The number of oxime groups is 1. The highest BCUT2D eigenvalue weighted by molar-refractivity contribution is 5.94. The van der Waals surface area contributed by atoms with E-state index in [-0.39, 0.29) is 12.0 Å². The summed E-state index contributed by atoms with van der Waals surface area (Å²) in [6.45, 7) is 1.22. The topological polar surface area (TPSA) is 58.5 Å². The monoisotopic (exact) mass is 279 g/mol. The predicted octanol–water partition coefficient (Wildman–Crippen LogP) is 1.79. The van der Waals surface area contributed by atoms with E-state index in [1.54, 1.807) is 21.3 Å². The molecule has 2 atom stereocenters. The van der Waals surface area contributed by atoms with Gasteiger partial charge in [0.05, 0.1) is 39.6 Å². The zero-order valence-corrected chi connectivity index (χ0v) is 11.7. The summed E-state index contributed by atoms with van der Waals surface area (Å²) < 4.78 is 21.8. The van der Waals surface area contributed by atoms with Crippen molar-refractivity contribution in [3.8, 4) is 17.2 Å². The van der Waals surface area contributed by atoms with Gasteiger partial charge in [-0.15, -0.1) is 0 Å². The number of hydrogen-bond acceptors (Lipinski definition) is 6. The molecule has 0 aliphatic carbocycles. The SMILES string of the molecule is COc1cc([C@@H]2OC[C@H]3CON=C32)cc(OC)c1OC. The van der Waals surface area contributed by atoms with Crippen LogP contribution in [0.1, 0.15) is 11.7 Å². The van der Waals surface area contributed by atoms with E-state index < -0.39 is 0 Å². The van der Waals surface area contributed by atoms with Crippen molar-refractivity contribution < 1.29 is 23.8 Å². The molecule has 1 fully saturated rings. The first-order valence-corrected chi connectivity index (χ1v) is 6.39. The van der Waals surface area contributed by atoms with Crippen LogP contribution in [0.4, 0.5) is 0 Å². The minimum absolute atomic E-state index is 0.212. The molecule has 0 N–H and O–H groups in total. The minimum atomic E-state index is -0.212. The van der Waals surface area contributed by atoms with Crippen molar-refractivity contribution in [1.82, 2.24) is 0 Å². The van der Waals surface area contributed by atoms with Crippen molar-refractivity contribution in [2.24, 2.45) is 11.1 Å². The van der Waals surface area contributed by atoms with Crippen molar-refractivity contribution in [1.29, 1.82) is 0 Å². The fourth-order valence-corrected chi connectivity index (χ4v) is 2.57. The number of hydrogen-bond donors (Lipinski definition) is 0. The number of fused-ring (bicyclic) bond motifs is 1. The van der Waals surface area contributed by atoms with E-state index in [9.17, 15) is 0 Å². The van der Waals surface area contributed by atoms with Gasteiger partial charge >= 0.3 is 0 Å². The molecule has 0 saturated carbocycles. The molecule has 1 aromatic rings. The smallest absolute Gasteiger partial charge is 0.203 e. The summed E-state index contributed by atoms with van der Waals surface area (Å²) in [5, 5.41) is 4.09. The lowest BCUT2D eigenvalue weighted by atomic mass is 9.98. The van der Waals surface area contributed by atoms with E-state index >= 15 is 0 Å². The van der Waals surface area contributed by atoms with Gasteiger partial charge in [0.25, 0.3) is 0 Å². The molecule has 0 amide bonds. The van der Waals surface area contributed by atoms with E-state index in [0.29, 0.717) is 30.5 Å². The summed E-state index contributed by atoms with van der Waals surface area (Å²) in [4.78, 5) is 5.14. The molecular formula is C14H17NO5. The molecule has 108 valence electrons. The second-order valence-electron chi connectivity index (χ2n) is 4.68. The third-order valence-electron chi connectivity index (χ3n) is 3.59. The molecule has 0 bridgehead atoms. The maximum absolute atomic E-state index is 5.82. The van der Waals surface area contributed by atoms with E-state index in [4.69, 9.17) is 23.8 Å². The van der Waals surface area contributed by atoms with Crippen molar-refractivity contribution in [3.63, 3.8) is 0 Å². The summed E-state index contributed by atoms with van der Waals surface area (Å²) in [7, 11) is 4.77. The Bertz CT molecular complexity index is 517. The van der Waals surface area contributed by atoms with Crippen LogP contribution in [0.3, 0.4) is 0 Å². The molecule has 1 aromatic carbocycles. The Labute approximate surface area is 117 Å². The lowest BCUT2D eigenvalue weighted by Crippen LogP contribution is -2.12. The summed E-state index contributed by atoms with van der Waals surface area (Å²) >= 11 is 0. The van der Waals surface area contributed by atoms with Crippen molar-refractivity contribution in [2.45, 2.75) is 6.10 Å². The number of ether oxygens (including phenoxy) is 4. The first-order valence-electron chi connectivity index (χ1n) is 6.39. The Kier molecular flexibility index (Phi) is 3.40. The molecule has 0 unspecified atom stereocenters. The summed E-state index contributed by atoms with van der Waals surface area (Å²) in [5.74, 6) is 2.03. The van der Waals surface area contributed by atoms with Crippen LogP contribution < -0.4 is 14.2 Å². The highest BCUT2D eigenvalue weighted by Crippen LogP contribution is 2.42. The number of rotatable bonds is 4. The first-order chi connectivity index (χ1) is 9.78. The summed E-state index contributed by atoms with van der Waals surface area (Å²) in [6.07, 6.45) is -0.212. The van der Waals surface area contributed by atoms with Gasteiger partial charge in [-0.05, 0) is 17.7 Å². The molecule has 1 saturated heterocycles. The minimum Gasteiger partial charge on any atom is -0.493 e. The lowest BCUT2D eigenvalue weighted by molar-refractivity contribution is 0.0790. The van der Waals surface area contributed by atoms with Gasteiger partial charge in [-0.25, -0.2) is 0 Å². The fraction of sp³-hybridized carbons (Fsp3) is 0.500. The molecular weight excluding hydrogens is 262 g/mol. The molecule has 2 heterocycles. The average Bonchev–Trinajstić information content (AvgIpc) is 3.08. The van der Waals surface area contributed by atoms with Crippen LogP contribution in [0.2, 0.25) is 0 Å². The molecule has 0 aromatic heterocycles. The van der Waals surface area contributed by atoms with Crippen LogP contribution in [0.15, 0.2) is 17.3 Å².